The minimum absolute atomic E-state index is 0.106. The second-order valence-corrected chi connectivity index (χ2v) is 13.1. The second kappa shape index (κ2) is 13.5. The fourth-order valence-corrected chi connectivity index (χ4v) is 7.57. The number of hydrogen-bond acceptors (Lipinski definition) is 9. The minimum atomic E-state index is -0.893. The normalized spacial score (nSPS) is 17.5. The van der Waals surface area contributed by atoms with E-state index in [0.717, 1.165) is 26.6 Å². The van der Waals surface area contributed by atoms with E-state index in [1.807, 2.05) is 72.8 Å². The molecule has 1 aromatic heterocycles. The van der Waals surface area contributed by atoms with Crippen LogP contribution in [0.3, 0.4) is 0 Å². The lowest BCUT2D eigenvalue weighted by atomic mass is 9.99. The third-order valence-electron chi connectivity index (χ3n) is 9.10. The van der Waals surface area contributed by atoms with Crippen molar-refractivity contribution in [1.82, 2.24) is 30.1 Å². The van der Waals surface area contributed by atoms with Crippen molar-refractivity contribution in [2.24, 2.45) is 0 Å². The lowest BCUT2D eigenvalue weighted by molar-refractivity contribution is -0.157. The number of hydrogen-bond donors (Lipinski definition) is 3. The Kier molecular flexibility index (Phi) is 8.75. The number of benzene rings is 4. The predicted molar refractivity (Wildman–Crippen MR) is 189 cm³/mol. The van der Waals surface area contributed by atoms with Crippen molar-refractivity contribution >= 4 is 66.9 Å². The highest BCUT2D eigenvalue weighted by atomic mass is 32.1. The number of nitriles is 1. The smallest absolute Gasteiger partial charge is 0.332 e. The molecule has 7 rings (SSSR count). The molecule has 0 saturated carbocycles. The molecule has 14 heteroatoms. The molecule has 4 N–H and O–H groups in total. The highest BCUT2D eigenvalue weighted by molar-refractivity contribution is 7.22. The van der Waals surface area contributed by atoms with Crippen molar-refractivity contribution in [3.8, 4) is 6.07 Å². The highest BCUT2D eigenvalue weighted by Crippen LogP contribution is 2.32. The molecule has 4 aromatic carbocycles. The van der Waals surface area contributed by atoms with Gasteiger partial charge in [0.05, 0.1) is 29.4 Å². The number of piperazine rings is 1. The van der Waals surface area contributed by atoms with Gasteiger partial charge in [-0.15, -0.1) is 0 Å². The fraction of sp³-hybridized carbons (Fsp3) is 0.222. The lowest BCUT2D eigenvalue weighted by Gasteiger charge is -2.46. The van der Waals surface area contributed by atoms with E-state index >= 15 is 0 Å². The van der Waals surface area contributed by atoms with Gasteiger partial charge in [-0.05, 0) is 46.2 Å². The van der Waals surface area contributed by atoms with Crippen LogP contribution in [-0.4, -0.2) is 87.4 Å². The molecule has 2 fully saturated rings. The zero-order chi connectivity index (χ0) is 34.9. The van der Waals surface area contributed by atoms with Crippen LogP contribution in [0, 0.1) is 11.3 Å². The number of carbonyl (C=O) groups is 4. The van der Waals surface area contributed by atoms with Crippen LogP contribution in [0.15, 0.2) is 84.9 Å². The Hall–Kier alpha value is -6.04. The molecule has 50 heavy (non-hydrogen) atoms. The topological polar surface area (TPSA) is 168 Å². The Bertz CT molecular complexity index is 2170. The standard InChI is InChI=1S/C36H33N9O4S/c1-39-36(49)43(17-16-37)44-21-31(46)45-28(34(48)42(20-30(44)45)19-24-8-5-11-29-32(24)41-35(38)50-29)18-22-12-14-25(15-13-22)40-33(47)27-10-4-7-23-6-2-3-9-26(23)27/h2-15,28,30H,17-21H2,1H3,(H2,38,41)(H,39,49)(H,40,47)/t28-,30+/m0/s1. The van der Waals surface area contributed by atoms with Crippen LogP contribution < -0.4 is 16.4 Å². The van der Waals surface area contributed by atoms with Gasteiger partial charge < -0.3 is 26.2 Å². The summed E-state index contributed by atoms with van der Waals surface area (Å²) < 4.78 is 0.896. The van der Waals surface area contributed by atoms with Gasteiger partial charge in [0.1, 0.15) is 18.8 Å². The Morgan fingerprint density at radius 1 is 1.04 bits per heavy atom. The molecule has 0 aliphatic carbocycles. The number of rotatable bonds is 8. The number of fused-ring (bicyclic) bond motifs is 3. The summed E-state index contributed by atoms with van der Waals surface area (Å²) >= 11 is 1.36. The van der Waals surface area contributed by atoms with Gasteiger partial charge in [-0.2, -0.15) is 10.3 Å². The first-order chi connectivity index (χ1) is 24.2. The quantitative estimate of drug-likeness (QED) is 0.207. The number of amides is 5. The van der Waals surface area contributed by atoms with Gasteiger partial charge in [-0.25, -0.2) is 14.8 Å². The minimum Gasteiger partial charge on any atom is -0.375 e. The summed E-state index contributed by atoms with van der Waals surface area (Å²) in [6, 6.07) is 26.7. The molecule has 2 atom stereocenters. The van der Waals surface area contributed by atoms with Crippen LogP contribution in [0.2, 0.25) is 0 Å². The van der Waals surface area contributed by atoms with E-state index < -0.39 is 18.2 Å². The van der Waals surface area contributed by atoms with Gasteiger partial charge in [0.25, 0.3) is 5.91 Å². The van der Waals surface area contributed by atoms with Crippen molar-refractivity contribution in [3.05, 3.63) is 102 Å². The number of nitrogens with one attached hydrogen (secondary N) is 2. The number of carbonyl (C=O) groups excluding carboxylic acids is 4. The first kappa shape index (κ1) is 32.5. The number of nitrogens with zero attached hydrogens (tertiary/aromatic N) is 6. The third kappa shape index (κ3) is 6.04. The van der Waals surface area contributed by atoms with Crippen molar-refractivity contribution < 1.29 is 19.2 Å². The van der Waals surface area contributed by atoms with Gasteiger partial charge in [0, 0.05) is 31.3 Å². The van der Waals surface area contributed by atoms with Crippen molar-refractivity contribution in [2.75, 3.05) is 37.7 Å². The third-order valence-corrected chi connectivity index (χ3v) is 9.95. The van der Waals surface area contributed by atoms with E-state index in [1.54, 1.807) is 28.1 Å². The molecule has 5 amide bonds. The first-order valence-electron chi connectivity index (χ1n) is 16.0. The van der Waals surface area contributed by atoms with Gasteiger partial charge >= 0.3 is 6.03 Å². The number of thiazole rings is 1. The van der Waals surface area contributed by atoms with Crippen molar-refractivity contribution in [3.63, 3.8) is 0 Å². The van der Waals surface area contributed by atoms with Crippen LogP contribution >= 0.6 is 11.3 Å². The summed E-state index contributed by atoms with van der Waals surface area (Å²) in [5, 5.41) is 20.0. The average Bonchev–Trinajstić information content (AvgIpc) is 3.67. The Balaban J connectivity index is 1.17. The summed E-state index contributed by atoms with van der Waals surface area (Å²) in [5.41, 5.74) is 9.43. The van der Waals surface area contributed by atoms with E-state index in [0.29, 0.717) is 21.9 Å². The molecule has 0 unspecified atom stereocenters. The van der Waals surface area contributed by atoms with E-state index in [9.17, 15) is 24.4 Å². The van der Waals surface area contributed by atoms with E-state index in [2.05, 4.69) is 15.6 Å². The molecule has 252 valence electrons. The van der Waals surface area contributed by atoms with Crippen LogP contribution in [0.1, 0.15) is 21.5 Å². The molecule has 5 aromatic rings. The van der Waals surface area contributed by atoms with Crippen LogP contribution in [0.5, 0.6) is 0 Å². The molecular formula is C36H33N9O4S. The molecule has 0 radical (unpaired) electrons. The van der Waals surface area contributed by atoms with Crippen molar-refractivity contribution in [1.29, 1.82) is 5.26 Å². The second-order valence-electron chi connectivity index (χ2n) is 12.1. The van der Waals surface area contributed by atoms with E-state index in [1.165, 1.54) is 28.3 Å². The Labute approximate surface area is 291 Å². The molecule has 2 aliphatic rings. The number of aromatic nitrogens is 1. The molecule has 3 heterocycles. The van der Waals surface area contributed by atoms with Gasteiger partial charge in [0.15, 0.2) is 5.13 Å². The summed E-state index contributed by atoms with van der Waals surface area (Å²) in [6.07, 6.45) is -0.510. The molecule has 2 saturated heterocycles. The maximum Gasteiger partial charge on any atom is 0.332 e. The number of para-hydroxylation sites is 1. The van der Waals surface area contributed by atoms with E-state index in [-0.39, 0.29) is 50.3 Å². The van der Waals surface area contributed by atoms with Crippen LogP contribution in [0.25, 0.3) is 21.0 Å². The monoisotopic (exact) mass is 687 g/mol. The van der Waals surface area contributed by atoms with Gasteiger partial charge in [0.2, 0.25) is 11.8 Å². The van der Waals surface area contributed by atoms with Crippen molar-refractivity contribution in [2.45, 2.75) is 25.2 Å². The Morgan fingerprint density at radius 2 is 1.80 bits per heavy atom. The first-order valence-corrected chi connectivity index (χ1v) is 16.8. The highest BCUT2D eigenvalue weighted by Gasteiger charge is 2.52. The largest absolute Gasteiger partial charge is 0.375 e. The number of hydrazine groups is 1. The van der Waals surface area contributed by atoms with Crippen LogP contribution in [0.4, 0.5) is 15.6 Å². The van der Waals surface area contributed by atoms with Gasteiger partial charge in [-0.1, -0.05) is 72.0 Å². The molecule has 0 bridgehead atoms. The summed E-state index contributed by atoms with van der Waals surface area (Å²) in [5.74, 6) is -0.821. The lowest BCUT2D eigenvalue weighted by Crippen LogP contribution is -2.66. The summed E-state index contributed by atoms with van der Waals surface area (Å²) in [6.45, 7) is -0.136. The number of anilines is 2. The average molecular weight is 688 g/mol. The zero-order valence-corrected chi connectivity index (χ0v) is 27.9. The molecular weight excluding hydrogens is 655 g/mol. The van der Waals surface area contributed by atoms with Crippen LogP contribution in [-0.2, 0) is 22.6 Å². The summed E-state index contributed by atoms with van der Waals surface area (Å²) in [7, 11) is 1.45. The number of urea groups is 1. The molecule has 2 aliphatic heterocycles. The van der Waals surface area contributed by atoms with E-state index in [4.69, 9.17) is 5.73 Å². The molecule has 0 spiro atoms. The summed E-state index contributed by atoms with van der Waals surface area (Å²) in [4.78, 5) is 61.7. The number of nitrogens with two attached hydrogens (primary N) is 1. The maximum atomic E-state index is 14.3. The predicted octanol–water partition coefficient (Wildman–Crippen LogP) is 3.79. The Morgan fingerprint density at radius 3 is 2.58 bits per heavy atom. The maximum absolute atomic E-state index is 14.3. The van der Waals surface area contributed by atoms with Gasteiger partial charge in [-0.3, -0.25) is 14.4 Å². The SMILES string of the molecule is CNC(=O)N(CC#N)N1CC(=O)N2[C@@H](Cc3ccc(NC(=O)c4cccc5ccccc45)cc3)C(=O)N(Cc3cccc4sc(N)nc34)C[C@@H]21. The number of nitrogen functional groups attached to an aromatic ring is 1. The fourth-order valence-electron chi connectivity index (χ4n) is 6.79. The zero-order valence-electron chi connectivity index (χ0n) is 27.1. The molecule has 13 nitrogen and oxygen atoms in total.